The molecule has 0 bridgehead atoms. The van der Waals surface area contributed by atoms with Crippen LogP contribution in [0.4, 0.5) is 0 Å². The van der Waals surface area contributed by atoms with Crippen LogP contribution in [0.5, 0.6) is 11.6 Å². The Kier molecular flexibility index (Phi) is 5.47. The quantitative estimate of drug-likeness (QED) is 0.701. The molecule has 3 rings (SSSR count). The van der Waals surface area contributed by atoms with Gasteiger partial charge in [-0.3, -0.25) is 9.78 Å². The van der Waals surface area contributed by atoms with E-state index in [0.29, 0.717) is 17.9 Å². The summed E-state index contributed by atoms with van der Waals surface area (Å²) in [5.41, 5.74) is 1.19. The van der Waals surface area contributed by atoms with Crippen LogP contribution in [-0.4, -0.2) is 21.0 Å². The van der Waals surface area contributed by atoms with Crippen molar-refractivity contribution in [3.8, 4) is 11.6 Å². The minimum absolute atomic E-state index is 0.223. The summed E-state index contributed by atoms with van der Waals surface area (Å²) in [7, 11) is 0. The molecule has 2 N–H and O–H groups in total. The molecule has 0 saturated carbocycles. The van der Waals surface area contributed by atoms with E-state index in [4.69, 9.17) is 4.74 Å². The number of benzene rings is 1. The molecule has 0 aliphatic rings. The molecule has 0 atom stereocenters. The van der Waals surface area contributed by atoms with Gasteiger partial charge in [-0.05, 0) is 49.2 Å². The normalized spacial score (nSPS) is 11.1. The Hall–Kier alpha value is -3.25. The number of aromatic nitrogens is 2. The number of nitrogens with zero attached hydrogens (tertiary/aromatic N) is 2. The zero-order chi connectivity index (χ0) is 19.3. The topological polar surface area (TPSA) is 84.3 Å². The van der Waals surface area contributed by atoms with Gasteiger partial charge in [0.15, 0.2) is 0 Å². The van der Waals surface area contributed by atoms with Crippen LogP contribution in [-0.2, 0) is 12.1 Å². The second-order valence-corrected chi connectivity index (χ2v) is 6.59. The predicted molar refractivity (Wildman–Crippen MR) is 101 cm³/mol. The molecule has 0 aliphatic carbocycles. The van der Waals surface area contributed by atoms with Crippen LogP contribution in [0.1, 0.15) is 35.3 Å². The summed E-state index contributed by atoms with van der Waals surface area (Å²) < 4.78 is 5.67. The number of amides is 1. The number of aliphatic hydroxyl groups is 1. The van der Waals surface area contributed by atoms with Crippen LogP contribution in [0, 0.1) is 0 Å². The smallest absolute Gasteiger partial charge is 0.257 e. The largest absolute Gasteiger partial charge is 0.437 e. The molecule has 0 radical (unpaired) electrons. The lowest BCUT2D eigenvalue weighted by molar-refractivity contribution is 0.0785. The monoisotopic (exact) mass is 363 g/mol. The zero-order valence-electron chi connectivity index (χ0n) is 15.2. The molecule has 3 aromatic rings. The Bertz CT molecular complexity index is 904. The molecule has 2 aromatic heterocycles. The van der Waals surface area contributed by atoms with Crippen molar-refractivity contribution in [1.29, 1.82) is 0 Å². The summed E-state index contributed by atoms with van der Waals surface area (Å²) in [6, 6.07) is 14.3. The van der Waals surface area contributed by atoms with Gasteiger partial charge in [-0.2, -0.15) is 0 Å². The first-order valence-electron chi connectivity index (χ1n) is 8.56. The van der Waals surface area contributed by atoms with Gasteiger partial charge in [0, 0.05) is 18.9 Å². The first kappa shape index (κ1) is 18.5. The van der Waals surface area contributed by atoms with Gasteiger partial charge in [-0.15, -0.1) is 0 Å². The maximum absolute atomic E-state index is 12.6. The van der Waals surface area contributed by atoms with Crippen LogP contribution >= 0.6 is 0 Å². The molecule has 0 fully saturated rings. The fourth-order valence-electron chi connectivity index (χ4n) is 2.47. The van der Waals surface area contributed by atoms with E-state index in [1.165, 1.54) is 0 Å². The third kappa shape index (κ3) is 4.89. The van der Waals surface area contributed by atoms with Gasteiger partial charge >= 0.3 is 0 Å². The first-order chi connectivity index (χ1) is 12.9. The van der Waals surface area contributed by atoms with Gasteiger partial charge in [0.05, 0.1) is 11.8 Å². The lowest BCUT2D eigenvalue weighted by Gasteiger charge is -2.18. The van der Waals surface area contributed by atoms with E-state index in [1.54, 1.807) is 56.7 Å². The van der Waals surface area contributed by atoms with Crippen molar-refractivity contribution in [2.45, 2.75) is 26.0 Å². The zero-order valence-corrected chi connectivity index (χ0v) is 15.2. The van der Waals surface area contributed by atoms with Gasteiger partial charge < -0.3 is 15.2 Å². The van der Waals surface area contributed by atoms with Crippen molar-refractivity contribution in [3.05, 3.63) is 83.8 Å². The van der Waals surface area contributed by atoms with E-state index in [9.17, 15) is 9.90 Å². The van der Waals surface area contributed by atoms with E-state index in [1.807, 2.05) is 24.3 Å². The van der Waals surface area contributed by atoms with Gasteiger partial charge in [0.1, 0.15) is 11.3 Å². The number of rotatable bonds is 6. The highest BCUT2D eigenvalue weighted by Crippen LogP contribution is 2.22. The lowest BCUT2D eigenvalue weighted by Crippen LogP contribution is -2.23. The highest BCUT2D eigenvalue weighted by Gasteiger charge is 2.16. The first-order valence-corrected chi connectivity index (χ1v) is 8.56. The maximum atomic E-state index is 12.6. The Morgan fingerprint density at radius 1 is 1.11 bits per heavy atom. The van der Waals surface area contributed by atoms with Crippen LogP contribution < -0.4 is 10.1 Å². The minimum Gasteiger partial charge on any atom is -0.437 e. The third-order valence-electron chi connectivity index (χ3n) is 3.98. The van der Waals surface area contributed by atoms with Gasteiger partial charge in [-0.25, -0.2) is 4.98 Å². The summed E-state index contributed by atoms with van der Waals surface area (Å²) in [5, 5.41) is 12.9. The molecular weight excluding hydrogens is 342 g/mol. The van der Waals surface area contributed by atoms with Crippen molar-refractivity contribution in [1.82, 2.24) is 15.3 Å². The van der Waals surface area contributed by atoms with Gasteiger partial charge in [0.2, 0.25) is 5.88 Å². The summed E-state index contributed by atoms with van der Waals surface area (Å²) in [5.74, 6) is 0.446. The van der Waals surface area contributed by atoms with Crippen LogP contribution in [0.2, 0.25) is 0 Å². The third-order valence-corrected chi connectivity index (χ3v) is 3.98. The molecule has 0 unspecified atom stereocenters. The standard InChI is InChI=1S/C21H21N3O3/c1-21(2,26)16-9-7-15(8-10-16)13-24-19(25)18-6-4-12-23-20(18)27-17-5-3-11-22-14-17/h3-12,14,26H,13H2,1-2H3,(H,24,25). The summed E-state index contributed by atoms with van der Waals surface area (Å²) in [4.78, 5) is 20.7. The predicted octanol–water partition coefficient (Wildman–Crippen LogP) is 3.43. The van der Waals surface area contributed by atoms with Crippen molar-refractivity contribution in [2.75, 3.05) is 0 Å². The maximum Gasteiger partial charge on any atom is 0.257 e. The lowest BCUT2D eigenvalue weighted by atomic mass is 9.97. The fraction of sp³-hybridized carbons (Fsp3) is 0.190. The Balaban J connectivity index is 1.68. The van der Waals surface area contributed by atoms with Gasteiger partial charge in [0.25, 0.3) is 5.91 Å². The molecule has 0 spiro atoms. The molecule has 6 nitrogen and oxygen atoms in total. The van der Waals surface area contributed by atoms with Crippen molar-refractivity contribution >= 4 is 5.91 Å². The fourth-order valence-corrected chi connectivity index (χ4v) is 2.47. The second-order valence-electron chi connectivity index (χ2n) is 6.59. The van der Waals surface area contributed by atoms with E-state index in [0.717, 1.165) is 11.1 Å². The Labute approximate surface area is 157 Å². The summed E-state index contributed by atoms with van der Waals surface area (Å²) in [6.07, 6.45) is 4.76. The van der Waals surface area contributed by atoms with E-state index >= 15 is 0 Å². The number of carbonyl (C=O) groups excluding carboxylic acids is 1. The van der Waals surface area contributed by atoms with Crippen LogP contribution in [0.25, 0.3) is 0 Å². The highest BCUT2D eigenvalue weighted by atomic mass is 16.5. The highest BCUT2D eigenvalue weighted by molar-refractivity contribution is 5.96. The van der Waals surface area contributed by atoms with Crippen LogP contribution in [0.15, 0.2) is 67.1 Å². The van der Waals surface area contributed by atoms with E-state index in [-0.39, 0.29) is 11.8 Å². The van der Waals surface area contributed by atoms with Crippen molar-refractivity contribution in [3.63, 3.8) is 0 Å². The van der Waals surface area contributed by atoms with Crippen molar-refractivity contribution in [2.24, 2.45) is 0 Å². The Morgan fingerprint density at radius 2 is 1.85 bits per heavy atom. The van der Waals surface area contributed by atoms with Crippen molar-refractivity contribution < 1.29 is 14.6 Å². The number of hydrogen-bond donors (Lipinski definition) is 2. The molecular formula is C21H21N3O3. The number of pyridine rings is 2. The average molecular weight is 363 g/mol. The average Bonchev–Trinajstić information content (AvgIpc) is 2.67. The summed E-state index contributed by atoms with van der Waals surface area (Å²) in [6.45, 7) is 3.82. The summed E-state index contributed by atoms with van der Waals surface area (Å²) >= 11 is 0. The minimum atomic E-state index is -0.893. The molecule has 1 amide bonds. The molecule has 6 heteroatoms. The second kappa shape index (κ2) is 7.97. The molecule has 0 aliphatic heterocycles. The van der Waals surface area contributed by atoms with E-state index < -0.39 is 5.60 Å². The van der Waals surface area contributed by atoms with Gasteiger partial charge in [-0.1, -0.05) is 24.3 Å². The molecule has 138 valence electrons. The SMILES string of the molecule is CC(C)(O)c1ccc(CNC(=O)c2cccnc2Oc2cccnc2)cc1. The van der Waals surface area contributed by atoms with E-state index in [2.05, 4.69) is 15.3 Å². The molecule has 27 heavy (non-hydrogen) atoms. The van der Waals surface area contributed by atoms with Crippen LogP contribution in [0.3, 0.4) is 0 Å². The Morgan fingerprint density at radius 3 is 2.52 bits per heavy atom. The number of carbonyl (C=O) groups is 1. The number of ether oxygens (including phenoxy) is 1. The molecule has 2 heterocycles. The number of nitrogens with one attached hydrogen (secondary N) is 1. The molecule has 0 saturated heterocycles. The molecule has 1 aromatic carbocycles. The number of hydrogen-bond acceptors (Lipinski definition) is 5.